The molecule has 5 heteroatoms. The summed E-state index contributed by atoms with van der Waals surface area (Å²) in [4.78, 5) is 0. The summed E-state index contributed by atoms with van der Waals surface area (Å²) < 4.78 is 14.9. The molecule has 0 aromatic heterocycles. The Morgan fingerprint density at radius 1 is 1.20 bits per heavy atom. The number of rotatable bonds is 4. The molecular weight excluding hydrogens is 364 g/mol. The molecule has 0 aliphatic heterocycles. The van der Waals surface area contributed by atoms with Gasteiger partial charge in [0.05, 0.1) is 11.1 Å². The third kappa shape index (κ3) is 3.34. The van der Waals surface area contributed by atoms with Gasteiger partial charge in [-0.15, -0.1) is 0 Å². The van der Waals surface area contributed by atoms with E-state index in [1.54, 1.807) is 12.1 Å². The highest BCUT2D eigenvalue weighted by Crippen LogP contribution is 2.34. The minimum Gasteiger partial charge on any atom is -0.306 e. The smallest absolute Gasteiger partial charge is 0.129 e. The number of hydrogen-bond donors (Lipinski definition) is 1. The van der Waals surface area contributed by atoms with Crippen molar-refractivity contribution in [1.29, 1.82) is 0 Å². The molecule has 2 rings (SSSR count). The predicted octanol–water partition coefficient (Wildman–Crippen LogP) is 5.59. The molecule has 1 unspecified atom stereocenters. The Morgan fingerprint density at radius 3 is 2.60 bits per heavy atom. The second-order valence-corrected chi connectivity index (χ2v) is 5.97. The summed E-state index contributed by atoms with van der Waals surface area (Å²) in [5.41, 5.74) is 1.35. The zero-order chi connectivity index (χ0) is 14.7. The van der Waals surface area contributed by atoms with Gasteiger partial charge in [-0.2, -0.15) is 0 Å². The van der Waals surface area contributed by atoms with Gasteiger partial charge < -0.3 is 5.32 Å². The summed E-state index contributed by atoms with van der Waals surface area (Å²) in [5.74, 6) is -0.348. The number of hydrogen-bond acceptors (Lipinski definition) is 1. The zero-order valence-electron chi connectivity index (χ0n) is 10.8. The van der Waals surface area contributed by atoms with Crippen molar-refractivity contribution in [2.75, 3.05) is 6.54 Å². The molecule has 0 aliphatic rings. The lowest BCUT2D eigenvalue weighted by Gasteiger charge is -2.21. The molecule has 1 atom stereocenters. The van der Waals surface area contributed by atoms with Gasteiger partial charge in [0, 0.05) is 15.1 Å². The second-order valence-electron chi connectivity index (χ2n) is 4.30. The first-order valence-corrected chi connectivity index (χ1v) is 7.71. The molecule has 0 radical (unpaired) electrons. The molecule has 0 amide bonds. The second kappa shape index (κ2) is 6.90. The monoisotopic (exact) mass is 375 g/mol. The van der Waals surface area contributed by atoms with Gasteiger partial charge in [0.25, 0.3) is 0 Å². The fourth-order valence-electron chi connectivity index (χ4n) is 2.07. The largest absolute Gasteiger partial charge is 0.306 e. The van der Waals surface area contributed by atoms with E-state index in [1.165, 1.54) is 6.07 Å². The van der Waals surface area contributed by atoms with Gasteiger partial charge in [-0.25, -0.2) is 4.39 Å². The standard InChI is InChI=1S/C15H13BrCl2FN/c1-2-20-15(10-7-6-9(17)8-13(10)19)11-4-3-5-12(16)14(11)18/h3-8,15,20H,2H2,1H3. The molecule has 20 heavy (non-hydrogen) atoms. The lowest BCUT2D eigenvalue weighted by Crippen LogP contribution is -2.23. The minimum atomic E-state index is -0.348. The third-order valence-corrected chi connectivity index (χ3v) is 4.52. The fourth-order valence-corrected chi connectivity index (χ4v) is 2.85. The first-order valence-electron chi connectivity index (χ1n) is 6.16. The van der Waals surface area contributed by atoms with Crippen LogP contribution < -0.4 is 5.32 Å². The highest BCUT2D eigenvalue weighted by atomic mass is 79.9. The maximum absolute atomic E-state index is 14.2. The zero-order valence-corrected chi connectivity index (χ0v) is 13.9. The Hall–Kier alpha value is -0.610. The van der Waals surface area contributed by atoms with Gasteiger partial charge in [0.1, 0.15) is 5.82 Å². The molecule has 0 bridgehead atoms. The molecule has 0 saturated heterocycles. The molecule has 0 spiro atoms. The average molecular weight is 377 g/mol. The van der Waals surface area contributed by atoms with E-state index in [9.17, 15) is 4.39 Å². The summed E-state index contributed by atoms with van der Waals surface area (Å²) in [6, 6.07) is 9.97. The van der Waals surface area contributed by atoms with E-state index < -0.39 is 0 Å². The van der Waals surface area contributed by atoms with Crippen molar-refractivity contribution in [1.82, 2.24) is 5.32 Å². The van der Waals surface area contributed by atoms with Crippen LogP contribution in [0.4, 0.5) is 4.39 Å². The average Bonchev–Trinajstić information content (AvgIpc) is 2.40. The molecule has 0 fully saturated rings. The Balaban J connectivity index is 2.53. The van der Waals surface area contributed by atoms with Crippen LogP contribution in [0.2, 0.25) is 10.0 Å². The molecular formula is C15H13BrCl2FN. The van der Waals surface area contributed by atoms with Crippen molar-refractivity contribution < 1.29 is 4.39 Å². The minimum absolute atomic E-state index is 0.317. The Kier molecular flexibility index (Phi) is 5.44. The molecule has 0 aliphatic carbocycles. The molecule has 2 aromatic carbocycles. The quantitative estimate of drug-likeness (QED) is 0.732. The van der Waals surface area contributed by atoms with E-state index in [1.807, 2.05) is 25.1 Å². The van der Waals surface area contributed by atoms with Crippen molar-refractivity contribution in [3.63, 3.8) is 0 Å². The van der Waals surface area contributed by atoms with E-state index in [4.69, 9.17) is 23.2 Å². The molecule has 1 nitrogen and oxygen atoms in total. The van der Waals surface area contributed by atoms with Crippen LogP contribution in [-0.4, -0.2) is 6.54 Å². The number of halogens is 4. The molecule has 2 aromatic rings. The lowest BCUT2D eigenvalue weighted by atomic mass is 9.98. The normalized spacial score (nSPS) is 12.4. The summed E-state index contributed by atoms with van der Waals surface area (Å²) in [7, 11) is 0. The number of benzene rings is 2. The van der Waals surface area contributed by atoms with E-state index in [2.05, 4.69) is 21.2 Å². The summed E-state index contributed by atoms with van der Waals surface area (Å²) in [6.45, 7) is 2.66. The molecule has 1 N–H and O–H groups in total. The van der Waals surface area contributed by atoms with Gasteiger partial charge >= 0.3 is 0 Å². The van der Waals surface area contributed by atoms with Crippen molar-refractivity contribution in [2.45, 2.75) is 13.0 Å². The number of nitrogens with one attached hydrogen (secondary N) is 1. The van der Waals surface area contributed by atoms with Crippen LogP contribution >= 0.6 is 39.1 Å². The van der Waals surface area contributed by atoms with Crippen LogP contribution in [0.1, 0.15) is 24.1 Å². The van der Waals surface area contributed by atoms with Gasteiger partial charge in [-0.05, 0) is 46.2 Å². The first kappa shape index (κ1) is 15.8. The summed E-state index contributed by atoms with van der Waals surface area (Å²) in [5, 5.41) is 4.21. The van der Waals surface area contributed by atoms with E-state index in [0.717, 1.165) is 10.0 Å². The molecule has 0 heterocycles. The first-order chi connectivity index (χ1) is 9.54. The predicted molar refractivity (Wildman–Crippen MR) is 86.1 cm³/mol. The summed E-state index contributed by atoms with van der Waals surface area (Å²) >= 11 is 15.5. The Bertz CT molecular complexity index is 619. The van der Waals surface area contributed by atoms with E-state index in [0.29, 0.717) is 22.2 Å². The van der Waals surface area contributed by atoms with E-state index in [-0.39, 0.29) is 11.9 Å². The van der Waals surface area contributed by atoms with Gasteiger partial charge in [-0.3, -0.25) is 0 Å². The van der Waals surface area contributed by atoms with Crippen LogP contribution in [0.5, 0.6) is 0 Å². The van der Waals surface area contributed by atoms with Crippen LogP contribution in [0, 0.1) is 5.82 Å². The van der Waals surface area contributed by atoms with Crippen LogP contribution in [0.3, 0.4) is 0 Å². The third-order valence-electron chi connectivity index (χ3n) is 2.97. The van der Waals surface area contributed by atoms with Crippen LogP contribution in [-0.2, 0) is 0 Å². The lowest BCUT2D eigenvalue weighted by molar-refractivity contribution is 0.559. The summed E-state index contributed by atoms with van der Waals surface area (Å²) in [6.07, 6.45) is 0. The maximum atomic E-state index is 14.2. The van der Waals surface area contributed by atoms with Gasteiger partial charge in [0.2, 0.25) is 0 Å². The van der Waals surface area contributed by atoms with Gasteiger partial charge in [-0.1, -0.05) is 48.3 Å². The molecule has 106 valence electrons. The maximum Gasteiger partial charge on any atom is 0.129 e. The van der Waals surface area contributed by atoms with Crippen molar-refractivity contribution >= 4 is 39.1 Å². The van der Waals surface area contributed by atoms with Crippen LogP contribution in [0.25, 0.3) is 0 Å². The van der Waals surface area contributed by atoms with Gasteiger partial charge in [0.15, 0.2) is 0 Å². The van der Waals surface area contributed by atoms with Crippen molar-refractivity contribution in [2.24, 2.45) is 0 Å². The highest BCUT2D eigenvalue weighted by molar-refractivity contribution is 9.10. The van der Waals surface area contributed by atoms with Crippen molar-refractivity contribution in [3.05, 3.63) is 67.9 Å². The Labute approximate surface area is 136 Å². The SMILES string of the molecule is CCNC(c1ccc(Cl)cc1F)c1cccc(Br)c1Cl. The Morgan fingerprint density at radius 2 is 1.95 bits per heavy atom. The fraction of sp³-hybridized carbons (Fsp3) is 0.200. The van der Waals surface area contributed by atoms with E-state index >= 15 is 0 Å². The topological polar surface area (TPSA) is 12.0 Å². The molecule has 0 saturated carbocycles. The highest BCUT2D eigenvalue weighted by Gasteiger charge is 2.20. The van der Waals surface area contributed by atoms with Crippen molar-refractivity contribution in [3.8, 4) is 0 Å². The van der Waals surface area contributed by atoms with Crippen LogP contribution in [0.15, 0.2) is 40.9 Å².